The van der Waals surface area contributed by atoms with Gasteiger partial charge in [-0.05, 0) is 13.0 Å². The molecule has 8 nitrogen and oxygen atoms in total. The summed E-state index contributed by atoms with van der Waals surface area (Å²) < 4.78 is 5.04. The van der Waals surface area contributed by atoms with Crippen molar-refractivity contribution < 1.29 is 18.8 Å². The maximum atomic E-state index is 12.0. The van der Waals surface area contributed by atoms with Gasteiger partial charge in [0.05, 0.1) is 19.4 Å². The molecular weight excluding hydrogens is 264 g/mol. The van der Waals surface area contributed by atoms with Gasteiger partial charge in [-0.2, -0.15) is 0 Å². The number of nitrogens with zero attached hydrogens (tertiary/aromatic N) is 2. The molecule has 2 rings (SSSR count). The molecule has 0 atom stereocenters. The fourth-order valence-electron chi connectivity index (χ4n) is 2.07. The van der Waals surface area contributed by atoms with Crippen molar-refractivity contribution in [2.45, 2.75) is 13.5 Å². The third kappa shape index (κ3) is 2.64. The van der Waals surface area contributed by atoms with E-state index in [0.29, 0.717) is 12.1 Å². The molecule has 108 valence electrons. The molecule has 20 heavy (non-hydrogen) atoms. The van der Waals surface area contributed by atoms with Crippen molar-refractivity contribution in [1.82, 2.24) is 15.2 Å². The Labute approximate surface area is 115 Å². The van der Waals surface area contributed by atoms with Gasteiger partial charge in [-0.3, -0.25) is 19.8 Å². The van der Waals surface area contributed by atoms with Crippen molar-refractivity contribution in [2.24, 2.45) is 5.84 Å². The van der Waals surface area contributed by atoms with Gasteiger partial charge in [0.1, 0.15) is 6.54 Å². The summed E-state index contributed by atoms with van der Waals surface area (Å²) in [4.78, 5) is 38.1. The van der Waals surface area contributed by atoms with Crippen LogP contribution in [0.25, 0.3) is 0 Å². The Bertz CT molecular complexity index is 539. The second-order valence-corrected chi connectivity index (χ2v) is 4.41. The standard InChI is InChI=1S/C12H16N4O4/c1-2-15-6-10(18)16(7-9(15)17)5-8-3-4-20-11(8)12(19)14-13/h3-4H,2,5-7,13H2,1H3,(H,14,19). The Hall–Kier alpha value is -2.35. The SMILES string of the molecule is CCN1CC(=O)N(Cc2ccoc2C(=O)NN)CC1=O. The zero-order chi connectivity index (χ0) is 14.7. The van der Waals surface area contributed by atoms with Gasteiger partial charge in [-0.1, -0.05) is 0 Å². The minimum atomic E-state index is -0.573. The molecule has 1 aliphatic heterocycles. The lowest BCUT2D eigenvalue weighted by atomic mass is 10.2. The lowest BCUT2D eigenvalue weighted by Gasteiger charge is -2.33. The molecule has 3 amide bonds. The van der Waals surface area contributed by atoms with Crippen LogP contribution >= 0.6 is 0 Å². The minimum absolute atomic E-state index is 0.00153. The van der Waals surface area contributed by atoms with Crippen LogP contribution in [-0.2, 0) is 16.1 Å². The quantitative estimate of drug-likeness (QED) is 0.421. The molecule has 0 radical (unpaired) electrons. The summed E-state index contributed by atoms with van der Waals surface area (Å²) in [6.45, 7) is 2.53. The van der Waals surface area contributed by atoms with Gasteiger partial charge < -0.3 is 14.2 Å². The second kappa shape index (κ2) is 5.74. The van der Waals surface area contributed by atoms with Crippen LogP contribution in [-0.4, -0.2) is 47.2 Å². The molecule has 3 N–H and O–H groups in total. The third-order valence-corrected chi connectivity index (χ3v) is 3.18. The molecule has 8 heteroatoms. The Morgan fingerprint density at radius 3 is 2.65 bits per heavy atom. The second-order valence-electron chi connectivity index (χ2n) is 4.41. The number of rotatable bonds is 4. The zero-order valence-corrected chi connectivity index (χ0v) is 11.1. The van der Waals surface area contributed by atoms with Crippen LogP contribution in [0.1, 0.15) is 23.0 Å². The molecule has 1 saturated heterocycles. The van der Waals surface area contributed by atoms with E-state index in [2.05, 4.69) is 0 Å². The van der Waals surface area contributed by atoms with Gasteiger partial charge in [0.25, 0.3) is 0 Å². The predicted molar refractivity (Wildman–Crippen MR) is 68.0 cm³/mol. The number of hydrogen-bond acceptors (Lipinski definition) is 5. The predicted octanol–water partition coefficient (Wildman–Crippen LogP) is -0.926. The molecule has 1 fully saturated rings. The van der Waals surface area contributed by atoms with Gasteiger partial charge in [-0.15, -0.1) is 0 Å². The maximum absolute atomic E-state index is 12.0. The van der Waals surface area contributed by atoms with Gasteiger partial charge in [0.2, 0.25) is 11.8 Å². The highest BCUT2D eigenvalue weighted by molar-refractivity contribution is 5.94. The summed E-state index contributed by atoms with van der Waals surface area (Å²) in [7, 11) is 0. The first kappa shape index (κ1) is 14.1. The van der Waals surface area contributed by atoms with Gasteiger partial charge in [0, 0.05) is 12.1 Å². The summed E-state index contributed by atoms with van der Waals surface area (Å²) >= 11 is 0. The lowest BCUT2D eigenvalue weighted by molar-refractivity contribution is -0.150. The first-order chi connectivity index (χ1) is 9.56. The highest BCUT2D eigenvalue weighted by Crippen LogP contribution is 2.15. The highest BCUT2D eigenvalue weighted by Gasteiger charge is 2.30. The molecule has 0 spiro atoms. The van der Waals surface area contributed by atoms with Crippen LogP contribution in [0.15, 0.2) is 16.7 Å². The molecule has 1 aromatic heterocycles. The van der Waals surface area contributed by atoms with Crippen LogP contribution in [0.4, 0.5) is 0 Å². The molecule has 0 saturated carbocycles. The summed E-state index contributed by atoms with van der Waals surface area (Å²) in [6, 6.07) is 1.58. The number of hydrazine groups is 1. The normalized spacial score (nSPS) is 15.7. The minimum Gasteiger partial charge on any atom is -0.459 e. The number of carbonyl (C=O) groups is 3. The maximum Gasteiger partial charge on any atom is 0.301 e. The number of nitrogen functional groups attached to an aromatic ring is 1. The largest absolute Gasteiger partial charge is 0.459 e. The van der Waals surface area contributed by atoms with E-state index in [-0.39, 0.29) is 37.2 Å². The molecule has 0 aromatic carbocycles. The van der Waals surface area contributed by atoms with Crippen LogP contribution in [0.2, 0.25) is 0 Å². The first-order valence-electron chi connectivity index (χ1n) is 6.19. The van der Waals surface area contributed by atoms with E-state index in [1.165, 1.54) is 16.1 Å². The number of nitrogens with one attached hydrogen (secondary N) is 1. The number of hydrogen-bond donors (Lipinski definition) is 2. The lowest BCUT2D eigenvalue weighted by Crippen LogP contribution is -2.53. The monoisotopic (exact) mass is 280 g/mol. The van der Waals surface area contributed by atoms with Gasteiger partial charge in [0.15, 0.2) is 5.76 Å². The Kier molecular flexibility index (Phi) is 4.04. The summed E-state index contributed by atoms with van der Waals surface area (Å²) in [5.41, 5.74) is 2.48. The molecule has 1 aromatic rings. The number of carbonyl (C=O) groups excluding carboxylic acids is 3. The first-order valence-corrected chi connectivity index (χ1v) is 6.19. The van der Waals surface area contributed by atoms with E-state index < -0.39 is 5.91 Å². The summed E-state index contributed by atoms with van der Waals surface area (Å²) in [6.07, 6.45) is 1.34. The van der Waals surface area contributed by atoms with Crippen LogP contribution in [0.3, 0.4) is 0 Å². The molecule has 0 unspecified atom stereocenters. The number of amides is 3. The smallest absolute Gasteiger partial charge is 0.301 e. The number of nitrogens with two attached hydrogens (primary N) is 1. The van der Waals surface area contributed by atoms with Crippen molar-refractivity contribution >= 4 is 17.7 Å². The van der Waals surface area contributed by atoms with Crippen LogP contribution in [0, 0.1) is 0 Å². The zero-order valence-electron chi connectivity index (χ0n) is 11.1. The van der Waals surface area contributed by atoms with E-state index in [4.69, 9.17) is 10.3 Å². The Balaban J connectivity index is 2.11. The Morgan fingerprint density at radius 2 is 2.00 bits per heavy atom. The van der Waals surface area contributed by atoms with Crippen molar-refractivity contribution in [2.75, 3.05) is 19.6 Å². The summed E-state index contributed by atoms with van der Waals surface area (Å²) in [5.74, 6) is 4.25. The van der Waals surface area contributed by atoms with Crippen LogP contribution < -0.4 is 11.3 Å². The average molecular weight is 280 g/mol. The fraction of sp³-hybridized carbons (Fsp3) is 0.417. The number of likely N-dealkylation sites (N-methyl/N-ethyl adjacent to an activating group) is 1. The fourth-order valence-corrected chi connectivity index (χ4v) is 2.07. The van der Waals surface area contributed by atoms with E-state index in [1.807, 2.05) is 12.3 Å². The van der Waals surface area contributed by atoms with E-state index >= 15 is 0 Å². The van der Waals surface area contributed by atoms with Gasteiger partial charge in [-0.25, -0.2) is 5.84 Å². The molecule has 1 aliphatic rings. The van der Waals surface area contributed by atoms with Crippen molar-refractivity contribution in [3.05, 3.63) is 23.7 Å². The van der Waals surface area contributed by atoms with Crippen LogP contribution in [0.5, 0.6) is 0 Å². The van der Waals surface area contributed by atoms with E-state index in [9.17, 15) is 14.4 Å². The molecular formula is C12H16N4O4. The molecule has 2 heterocycles. The number of furan rings is 1. The van der Waals surface area contributed by atoms with Crippen molar-refractivity contribution in [3.8, 4) is 0 Å². The van der Waals surface area contributed by atoms with Crippen molar-refractivity contribution in [1.29, 1.82) is 0 Å². The third-order valence-electron chi connectivity index (χ3n) is 3.18. The molecule has 0 aliphatic carbocycles. The van der Waals surface area contributed by atoms with Crippen molar-refractivity contribution in [3.63, 3.8) is 0 Å². The Morgan fingerprint density at radius 1 is 1.35 bits per heavy atom. The number of piperazine rings is 1. The topological polar surface area (TPSA) is 109 Å². The average Bonchev–Trinajstić information content (AvgIpc) is 2.89. The molecule has 0 bridgehead atoms. The highest BCUT2D eigenvalue weighted by atomic mass is 16.3. The summed E-state index contributed by atoms with van der Waals surface area (Å²) in [5, 5.41) is 0. The van der Waals surface area contributed by atoms with E-state index in [0.717, 1.165) is 0 Å². The van der Waals surface area contributed by atoms with Gasteiger partial charge >= 0.3 is 5.91 Å². The van der Waals surface area contributed by atoms with E-state index in [1.54, 1.807) is 6.07 Å².